The Bertz CT molecular complexity index is 679. The summed E-state index contributed by atoms with van der Waals surface area (Å²) in [5.74, 6) is 0. The maximum Gasteiger partial charge on any atom is 0.121 e. The number of hydrogen-bond donors (Lipinski definition) is 0. The van der Waals surface area contributed by atoms with E-state index >= 15 is 0 Å². The average Bonchev–Trinajstić information content (AvgIpc) is 2.87. The summed E-state index contributed by atoms with van der Waals surface area (Å²) in [5, 5.41) is 11.2. The van der Waals surface area contributed by atoms with Crippen molar-refractivity contribution < 1.29 is 0 Å². The molecule has 0 radical (unpaired) electrons. The summed E-state index contributed by atoms with van der Waals surface area (Å²) in [5.41, 5.74) is 2.91. The molecule has 1 aliphatic rings. The van der Waals surface area contributed by atoms with Gasteiger partial charge in [-0.05, 0) is 54.8 Å². The van der Waals surface area contributed by atoms with Crippen molar-refractivity contribution in [1.29, 1.82) is 5.26 Å². The fourth-order valence-corrected chi connectivity index (χ4v) is 3.22. The number of fused-ring (bicyclic) bond motifs is 1. The van der Waals surface area contributed by atoms with Gasteiger partial charge in [0.2, 0.25) is 0 Å². The monoisotopic (exact) mass is 287 g/mol. The van der Waals surface area contributed by atoms with Crippen LogP contribution in [0.3, 0.4) is 0 Å². The topological polar surface area (TPSA) is 49.6 Å². The first-order chi connectivity index (χ1) is 9.28. The second-order valence-electron chi connectivity index (χ2n) is 4.30. The van der Waals surface area contributed by atoms with E-state index in [1.54, 1.807) is 18.3 Å². The number of nitrogens with zero attached hydrogens (tertiary/aromatic N) is 3. The van der Waals surface area contributed by atoms with Gasteiger partial charge in [-0.3, -0.25) is 0 Å². The molecular weight excluding hydrogens is 278 g/mol. The van der Waals surface area contributed by atoms with E-state index < -0.39 is 0 Å². The van der Waals surface area contributed by atoms with Crippen molar-refractivity contribution in [3.05, 3.63) is 46.2 Å². The number of halogens is 1. The molecule has 0 spiro atoms. The van der Waals surface area contributed by atoms with Gasteiger partial charge < -0.3 is 0 Å². The smallest absolute Gasteiger partial charge is 0.121 e. The van der Waals surface area contributed by atoms with Crippen LogP contribution < -0.4 is 0 Å². The van der Waals surface area contributed by atoms with Crippen LogP contribution in [0.15, 0.2) is 34.4 Å². The van der Waals surface area contributed by atoms with E-state index in [0.29, 0.717) is 20.6 Å². The summed E-state index contributed by atoms with van der Waals surface area (Å²) in [6.07, 6.45) is 4.82. The third-order valence-electron chi connectivity index (χ3n) is 3.05. The maximum atomic E-state index is 9.24. The van der Waals surface area contributed by atoms with Crippen molar-refractivity contribution in [2.45, 2.75) is 29.3 Å². The van der Waals surface area contributed by atoms with Crippen molar-refractivity contribution in [2.75, 3.05) is 0 Å². The van der Waals surface area contributed by atoms with Crippen LogP contribution in [-0.4, -0.2) is 9.97 Å². The van der Waals surface area contributed by atoms with Gasteiger partial charge >= 0.3 is 0 Å². The quantitative estimate of drug-likeness (QED) is 0.846. The number of rotatable bonds is 2. The molecule has 0 fully saturated rings. The van der Waals surface area contributed by atoms with Gasteiger partial charge in [0.25, 0.3) is 0 Å². The van der Waals surface area contributed by atoms with Gasteiger partial charge in [-0.25, -0.2) is 9.97 Å². The molecule has 0 aliphatic heterocycles. The van der Waals surface area contributed by atoms with E-state index in [0.717, 1.165) is 25.0 Å². The Kier molecular flexibility index (Phi) is 3.41. The minimum Gasteiger partial charge on any atom is -0.248 e. The second kappa shape index (κ2) is 5.20. The van der Waals surface area contributed by atoms with Crippen LogP contribution in [0.25, 0.3) is 0 Å². The normalized spacial score (nSPS) is 13.1. The molecule has 0 saturated heterocycles. The highest BCUT2D eigenvalue weighted by Gasteiger charge is 2.18. The van der Waals surface area contributed by atoms with Gasteiger partial charge in [0, 0.05) is 11.9 Å². The fraction of sp³-hybridized carbons (Fsp3) is 0.214. The van der Waals surface area contributed by atoms with Crippen LogP contribution in [-0.2, 0) is 12.8 Å². The molecule has 3 nitrogen and oxygen atoms in total. The fourth-order valence-electron chi connectivity index (χ4n) is 2.15. The first kappa shape index (κ1) is 12.5. The van der Waals surface area contributed by atoms with Crippen LogP contribution in [0.4, 0.5) is 0 Å². The number of aromatic nitrogens is 2. The highest BCUT2D eigenvalue weighted by molar-refractivity contribution is 7.99. The minimum absolute atomic E-state index is 0.582. The van der Waals surface area contributed by atoms with Crippen molar-refractivity contribution in [3.8, 4) is 6.07 Å². The maximum absolute atomic E-state index is 9.24. The van der Waals surface area contributed by atoms with Crippen LogP contribution in [0, 0.1) is 11.3 Å². The van der Waals surface area contributed by atoms with E-state index in [9.17, 15) is 5.26 Å². The number of aryl methyl sites for hydroxylation is 2. The van der Waals surface area contributed by atoms with Gasteiger partial charge in [0.1, 0.15) is 16.1 Å². The molecule has 2 aromatic heterocycles. The Labute approximate surface area is 120 Å². The zero-order chi connectivity index (χ0) is 13.2. The third-order valence-corrected chi connectivity index (χ3v) is 4.49. The molecule has 0 saturated carbocycles. The molecule has 0 N–H and O–H groups in total. The lowest BCUT2D eigenvalue weighted by atomic mass is 10.2. The summed E-state index contributed by atoms with van der Waals surface area (Å²) in [6, 6.07) is 7.74. The number of nitriles is 1. The minimum atomic E-state index is 0.582. The molecule has 0 aromatic carbocycles. The summed E-state index contributed by atoms with van der Waals surface area (Å²) in [7, 11) is 0. The predicted octanol–water partition coefficient (Wildman–Crippen LogP) is 3.64. The Morgan fingerprint density at radius 1 is 1.32 bits per heavy atom. The number of pyridine rings is 2. The van der Waals surface area contributed by atoms with E-state index in [1.165, 1.54) is 17.3 Å². The molecule has 2 heterocycles. The van der Waals surface area contributed by atoms with Gasteiger partial charge in [-0.15, -0.1) is 0 Å². The first-order valence-corrected chi connectivity index (χ1v) is 7.18. The second-order valence-corrected chi connectivity index (χ2v) is 5.69. The van der Waals surface area contributed by atoms with Gasteiger partial charge in [0.15, 0.2) is 0 Å². The lowest BCUT2D eigenvalue weighted by Gasteiger charge is -2.06. The van der Waals surface area contributed by atoms with Gasteiger partial charge in [-0.2, -0.15) is 5.26 Å². The molecule has 0 amide bonds. The average molecular weight is 288 g/mol. The highest BCUT2D eigenvalue weighted by Crippen LogP contribution is 2.34. The summed E-state index contributed by atoms with van der Waals surface area (Å²) >= 11 is 7.45. The third kappa shape index (κ3) is 2.44. The lowest BCUT2D eigenvalue weighted by Crippen LogP contribution is -1.95. The van der Waals surface area contributed by atoms with Crippen molar-refractivity contribution in [2.24, 2.45) is 0 Å². The van der Waals surface area contributed by atoms with Crippen LogP contribution in [0.1, 0.15) is 23.2 Å². The summed E-state index contributed by atoms with van der Waals surface area (Å²) in [4.78, 5) is 8.83. The van der Waals surface area contributed by atoms with Crippen molar-refractivity contribution in [3.63, 3.8) is 0 Å². The Morgan fingerprint density at radius 2 is 2.21 bits per heavy atom. The van der Waals surface area contributed by atoms with E-state index in [1.807, 2.05) is 6.07 Å². The van der Waals surface area contributed by atoms with Crippen molar-refractivity contribution >= 4 is 23.4 Å². The standard InChI is InChI=1S/C14H10ClN3S/c15-11-4-2-6-17-14(11)19-13-10(8-16)7-9-3-1-5-12(9)18-13/h2,4,6-7H,1,3,5H2. The van der Waals surface area contributed by atoms with Gasteiger partial charge in [-0.1, -0.05) is 11.6 Å². The zero-order valence-corrected chi connectivity index (χ0v) is 11.6. The first-order valence-electron chi connectivity index (χ1n) is 5.99. The molecule has 19 heavy (non-hydrogen) atoms. The molecule has 5 heteroatoms. The van der Waals surface area contributed by atoms with E-state index in [-0.39, 0.29) is 0 Å². The van der Waals surface area contributed by atoms with Crippen molar-refractivity contribution in [1.82, 2.24) is 9.97 Å². The molecule has 3 rings (SSSR count). The molecule has 2 aromatic rings. The molecular formula is C14H10ClN3S. The molecule has 1 aliphatic carbocycles. The summed E-state index contributed by atoms with van der Waals surface area (Å²) in [6.45, 7) is 0. The van der Waals surface area contributed by atoms with E-state index in [2.05, 4.69) is 16.0 Å². The highest BCUT2D eigenvalue weighted by atomic mass is 35.5. The van der Waals surface area contributed by atoms with Crippen LogP contribution in [0.5, 0.6) is 0 Å². The Hall–Kier alpha value is -1.57. The Morgan fingerprint density at radius 3 is 3.00 bits per heavy atom. The Balaban J connectivity index is 2.02. The largest absolute Gasteiger partial charge is 0.248 e. The molecule has 94 valence electrons. The zero-order valence-electron chi connectivity index (χ0n) is 10.1. The summed E-state index contributed by atoms with van der Waals surface area (Å²) < 4.78 is 0. The van der Waals surface area contributed by atoms with Crippen LogP contribution >= 0.6 is 23.4 Å². The van der Waals surface area contributed by atoms with E-state index in [4.69, 9.17) is 11.6 Å². The van der Waals surface area contributed by atoms with Gasteiger partial charge in [0.05, 0.1) is 10.6 Å². The number of hydrogen-bond acceptors (Lipinski definition) is 4. The van der Waals surface area contributed by atoms with Crippen LogP contribution in [0.2, 0.25) is 5.02 Å². The molecule has 0 unspecified atom stereocenters. The molecule has 0 bridgehead atoms. The SMILES string of the molecule is N#Cc1cc2c(nc1Sc1ncccc1Cl)CCC2. The molecule has 0 atom stereocenters. The predicted molar refractivity (Wildman–Crippen MR) is 74.3 cm³/mol. The lowest BCUT2D eigenvalue weighted by molar-refractivity contribution is 0.890.